The lowest BCUT2D eigenvalue weighted by Gasteiger charge is -2.25. The summed E-state index contributed by atoms with van der Waals surface area (Å²) in [5.41, 5.74) is 0. The predicted molar refractivity (Wildman–Crippen MR) is 58.2 cm³/mol. The second kappa shape index (κ2) is 5.13. The van der Waals surface area contributed by atoms with E-state index in [-0.39, 0.29) is 5.79 Å². The third-order valence-electron chi connectivity index (χ3n) is 3.06. The minimum absolute atomic E-state index is 0.262. The number of hydrogen-bond acceptors (Lipinski definition) is 2. The van der Waals surface area contributed by atoms with Crippen LogP contribution in [0, 0.1) is 5.92 Å². The van der Waals surface area contributed by atoms with Crippen LogP contribution in [0.2, 0.25) is 0 Å². The van der Waals surface area contributed by atoms with E-state index in [1.54, 1.807) is 0 Å². The molecule has 84 valence electrons. The molecule has 0 N–H and O–H groups in total. The molecule has 1 rings (SSSR count). The van der Waals surface area contributed by atoms with Gasteiger partial charge in [-0.15, -0.1) is 0 Å². The highest BCUT2D eigenvalue weighted by Crippen LogP contribution is 2.32. The molecule has 1 saturated heterocycles. The van der Waals surface area contributed by atoms with E-state index < -0.39 is 0 Å². The Bertz CT molecular complexity index is 162. The summed E-state index contributed by atoms with van der Waals surface area (Å²) < 4.78 is 11.7. The zero-order valence-electron chi connectivity index (χ0n) is 10.0. The SMILES string of the molecule is CCC1(CC)OCC(CCC(C)C)O1. The minimum atomic E-state index is -0.262. The summed E-state index contributed by atoms with van der Waals surface area (Å²) >= 11 is 0. The molecule has 0 aromatic rings. The zero-order valence-corrected chi connectivity index (χ0v) is 10.0. The van der Waals surface area contributed by atoms with Crippen molar-refractivity contribution in [3.05, 3.63) is 0 Å². The van der Waals surface area contributed by atoms with E-state index in [1.165, 1.54) is 6.42 Å². The van der Waals surface area contributed by atoms with Crippen molar-refractivity contribution in [2.45, 2.75) is 65.3 Å². The first-order valence-corrected chi connectivity index (χ1v) is 5.93. The van der Waals surface area contributed by atoms with Crippen molar-refractivity contribution < 1.29 is 9.47 Å². The summed E-state index contributed by atoms with van der Waals surface area (Å²) in [7, 11) is 0. The fourth-order valence-electron chi connectivity index (χ4n) is 1.90. The zero-order chi connectivity index (χ0) is 10.6. The van der Waals surface area contributed by atoms with Gasteiger partial charge in [-0.1, -0.05) is 27.7 Å². The highest BCUT2D eigenvalue weighted by molar-refractivity contribution is 4.76. The first kappa shape index (κ1) is 12.0. The van der Waals surface area contributed by atoms with E-state index >= 15 is 0 Å². The van der Waals surface area contributed by atoms with Gasteiger partial charge in [-0.05, 0) is 31.6 Å². The van der Waals surface area contributed by atoms with E-state index in [0.717, 1.165) is 31.8 Å². The summed E-state index contributed by atoms with van der Waals surface area (Å²) in [6, 6.07) is 0. The molecule has 1 fully saturated rings. The fraction of sp³-hybridized carbons (Fsp3) is 1.00. The Labute approximate surface area is 88.0 Å². The number of hydrogen-bond donors (Lipinski definition) is 0. The number of ether oxygens (including phenoxy) is 2. The van der Waals surface area contributed by atoms with Crippen LogP contribution in [0.15, 0.2) is 0 Å². The molecule has 0 spiro atoms. The van der Waals surface area contributed by atoms with Crippen LogP contribution < -0.4 is 0 Å². The molecule has 1 heterocycles. The highest BCUT2D eigenvalue weighted by atomic mass is 16.7. The van der Waals surface area contributed by atoms with Gasteiger partial charge >= 0.3 is 0 Å². The van der Waals surface area contributed by atoms with Gasteiger partial charge in [0, 0.05) is 0 Å². The van der Waals surface area contributed by atoms with Crippen molar-refractivity contribution in [3.8, 4) is 0 Å². The average molecular weight is 200 g/mol. The molecule has 1 unspecified atom stereocenters. The van der Waals surface area contributed by atoms with Crippen molar-refractivity contribution in [2.75, 3.05) is 6.61 Å². The van der Waals surface area contributed by atoms with E-state index in [1.807, 2.05) is 0 Å². The van der Waals surface area contributed by atoms with Gasteiger partial charge < -0.3 is 9.47 Å². The van der Waals surface area contributed by atoms with E-state index in [4.69, 9.17) is 9.47 Å². The average Bonchev–Trinajstić information content (AvgIpc) is 2.59. The standard InChI is InChI=1S/C12H24O2/c1-5-12(6-2)13-9-11(14-12)8-7-10(3)4/h10-11H,5-9H2,1-4H3. The Morgan fingerprint density at radius 3 is 2.36 bits per heavy atom. The van der Waals surface area contributed by atoms with Crippen molar-refractivity contribution in [3.63, 3.8) is 0 Å². The Balaban J connectivity index is 2.32. The molecule has 1 atom stereocenters. The van der Waals surface area contributed by atoms with Crippen molar-refractivity contribution >= 4 is 0 Å². The van der Waals surface area contributed by atoms with Crippen LogP contribution in [0.1, 0.15) is 53.4 Å². The lowest BCUT2D eigenvalue weighted by Crippen LogP contribution is -2.28. The lowest BCUT2D eigenvalue weighted by atomic mass is 10.1. The third kappa shape index (κ3) is 2.96. The number of rotatable bonds is 5. The largest absolute Gasteiger partial charge is 0.347 e. The predicted octanol–water partition coefficient (Wildman–Crippen LogP) is 3.35. The molecule has 14 heavy (non-hydrogen) atoms. The quantitative estimate of drug-likeness (QED) is 0.677. The Hall–Kier alpha value is -0.0800. The second-order valence-electron chi connectivity index (χ2n) is 4.64. The first-order valence-electron chi connectivity index (χ1n) is 5.93. The van der Waals surface area contributed by atoms with Gasteiger partial charge in [0.15, 0.2) is 5.79 Å². The van der Waals surface area contributed by atoms with E-state index in [2.05, 4.69) is 27.7 Å². The van der Waals surface area contributed by atoms with Crippen LogP contribution in [0.4, 0.5) is 0 Å². The van der Waals surface area contributed by atoms with Crippen LogP contribution in [-0.2, 0) is 9.47 Å². The van der Waals surface area contributed by atoms with Gasteiger partial charge in [-0.2, -0.15) is 0 Å². The monoisotopic (exact) mass is 200 g/mol. The Morgan fingerprint density at radius 1 is 1.29 bits per heavy atom. The van der Waals surface area contributed by atoms with Crippen molar-refractivity contribution in [1.82, 2.24) is 0 Å². The van der Waals surface area contributed by atoms with Crippen LogP contribution in [0.5, 0.6) is 0 Å². The molecule has 0 aromatic heterocycles. The minimum Gasteiger partial charge on any atom is -0.347 e. The van der Waals surface area contributed by atoms with Gasteiger partial charge in [0.05, 0.1) is 12.7 Å². The lowest BCUT2D eigenvalue weighted by molar-refractivity contribution is -0.172. The van der Waals surface area contributed by atoms with Gasteiger partial charge in [-0.3, -0.25) is 0 Å². The topological polar surface area (TPSA) is 18.5 Å². The molecule has 2 heteroatoms. The summed E-state index contributed by atoms with van der Waals surface area (Å²) in [4.78, 5) is 0. The van der Waals surface area contributed by atoms with E-state index in [9.17, 15) is 0 Å². The molecule has 0 saturated carbocycles. The third-order valence-corrected chi connectivity index (χ3v) is 3.06. The molecule has 0 aromatic carbocycles. The van der Waals surface area contributed by atoms with Gasteiger partial charge in [0.1, 0.15) is 0 Å². The van der Waals surface area contributed by atoms with E-state index in [0.29, 0.717) is 6.10 Å². The van der Waals surface area contributed by atoms with Crippen molar-refractivity contribution in [1.29, 1.82) is 0 Å². The van der Waals surface area contributed by atoms with Gasteiger partial charge in [0.25, 0.3) is 0 Å². The molecule has 0 bridgehead atoms. The maximum absolute atomic E-state index is 5.98. The molecule has 1 aliphatic heterocycles. The fourth-order valence-corrected chi connectivity index (χ4v) is 1.90. The maximum Gasteiger partial charge on any atom is 0.168 e. The van der Waals surface area contributed by atoms with Crippen molar-refractivity contribution in [2.24, 2.45) is 5.92 Å². The summed E-state index contributed by atoms with van der Waals surface area (Å²) in [6.45, 7) is 9.56. The normalized spacial score (nSPS) is 25.9. The Kier molecular flexibility index (Phi) is 4.39. The molecule has 0 amide bonds. The van der Waals surface area contributed by atoms with Crippen LogP contribution in [-0.4, -0.2) is 18.5 Å². The van der Waals surface area contributed by atoms with Gasteiger partial charge in [-0.25, -0.2) is 0 Å². The summed E-state index contributed by atoms with van der Waals surface area (Å²) in [6.07, 6.45) is 4.62. The maximum atomic E-state index is 5.98. The van der Waals surface area contributed by atoms with Crippen LogP contribution in [0.3, 0.4) is 0 Å². The molecule has 1 aliphatic rings. The molecule has 0 radical (unpaired) electrons. The molecule has 0 aliphatic carbocycles. The van der Waals surface area contributed by atoms with Crippen LogP contribution >= 0.6 is 0 Å². The summed E-state index contributed by atoms with van der Waals surface area (Å²) in [5.74, 6) is 0.499. The highest BCUT2D eigenvalue weighted by Gasteiger charge is 2.37. The molecular weight excluding hydrogens is 176 g/mol. The van der Waals surface area contributed by atoms with Gasteiger partial charge in [0.2, 0.25) is 0 Å². The Morgan fingerprint density at radius 2 is 1.93 bits per heavy atom. The molecular formula is C12H24O2. The first-order chi connectivity index (χ1) is 6.62. The smallest absolute Gasteiger partial charge is 0.168 e. The second-order valence-corrected chi connectivity index (χ2v) is 4.64. The summed E-state index contributed by atoms with van der Waals surface area (Å²) in [5, 5.41) is 0. The van der Waals surface area contributed by atoms with Crippen LogP contribution in [0.25, 0.3) is 0 Å². The molecule has 2 nitrogen and oxygen atoms in total.